The van der Waals surface area contributed by atoms with E-state index in [0.29, 0.717) is 18.8 Å². The molecule has 4 rings (SSSR count). The van der Waals surface area contributed by atoms with E-state index in [0.717, 1.165) is 56.5 Å². The van der Waals surface area contributed by atoms with Crippen molar-refractivity contribution in [3.63, 3.8) is 0 Å². The van der Waals surface area contributed by atoms with E-state index in [-0.39, 0.29) is 17.9 Å². The Hall–Kier alpha value is -2.18. The van der Waals surface area contributed by atoms with Crippen molar-refractivity contribution in [1.29, 1.82) is 0 Å². The van der Waals surface area contributed by atoms with E-state index in [2.05, 4.69) is 20.2 Å². The lowest BCUT2D eigenvalue weighted by Crippen LogP contribution is -2.48. The van der Waals surface area contributed by atoms with Gasteiger partial charge >= 0.3 is 0 Å². The second kappa shape index (κ2) is 7.82. The van der Waals surface area contributed by atoms with Gasteiger partial charge in [0.25, 0.3) is 0 Å². The van der Waals surface area contributed by atoms with Crippen molar-refractivity contribution in [2.24, 2.45) is 11.8 Å². The van der Waals surface area contributed by atoms with E-state index in [1.54, 1.807) is 12.4 Å². The third kappa shape index (κ3) is 3.92. The summed E-state index contributed by atoms with van der Waals surface area (Å²) < 4.78 is 0. The van der Waals surface area contributed by atoms with Crippen LogP contribution in [0.1, 0.15) is 44.2 Å². The molecule has 0 saturated carbocycles. The lowest BCUT2D eigenvalue weighted by molar-refractivity contribution is -0.136. The summed E-state index contributed by atoms with van der Waals surface area (Å²) in [6.07, 6.45) is 9.20. The molecule has 3 saturated heterocycles. The van der Waals surface area contributed by atoms with E-state index in [9.17, 15) is 9.59 Å². The van der Waals surface area contributed by atoms with Gasteiger partial charge in [0.1, 0.15) is 11.9 Å². The summed E-state index contributed by atoms with van der Waals surface area (Å²) >= 11 is 0. The number of hydrogen-bond acceptors (Lipinski definition) is 5. The average molecular weight is 371 g/mol. The number of hydrogen-bond donors (Lipinski definition) is 1. The van der Waals surface area contributed by atoms with Crippen molar-refractivity contribution < 1.29 is 9.59 Å². The van der Waals surface area contributed by atoms with Crippen LogP contribution in [-0.2, 0) is 9.59 Å². The van der Waals surface area contributed by atoms with Gasteiger partial charge in [-0.2, -0.15) is 0 Å². The highest BCUT2D eigenvalue weighted by molar-refractivity contribution is 5.90. The normalized spacial score (nSPS) is 24.9. The van der Waals surface area contributed by atoms with E-state index in [4.69, 9.17) is 0 Å². The molecule has 7 heteroatoms. The predicted molar refractivity (Wildman–Crippen MR) is 102 cm³/mol. The van der Waals surface area contributed by atoms with Crippen molar-refractivity contribution in [2.75, 3.05) is 31.1 Å². The zero-order chi connectivity index (χ0) is 18.8. The maximum Gasteiger partial charge on any atom is 0.245 e. The third-order valence-corrected chi connectivity index (χ3v) is 6.51. The zero-order valence-electron chi connectivity index (χ0n) is 16.1. The highest BCUT2D eigenvalue weighted by Gasteiger charge is 2.35. The number of carbonyl (C=O) groups excluding carboxylic acids is 2. The molecule has 0 aromatic carbocycles. The summed E-state index contributed by atoms with van der Waals surface area (Å²) in [5, 5.41) is 2.80. The monoisotopic (exact) mass is 371 g/mol. The Morgan fingerprint density at radius 2 is 1.63 bits per heavy atom. The van der Waals surface area contributed by atoms with Crippen molar-refractivity contribution in [1.82, 2.24) is 20.2 Å². The standard InChI is InChI=1S/C20H29N5O2/c1-14-19(22-9-8-21-14)24-10-4-15(5-11-24)16-6-12-25(13-7-16)20(27)17-2-3-18(26)23-17/h8-9,15-17H,2-7,10-13H2,1H3,(H,23,26). The van der Waals surface area contributed by atoms with Crippen molar-refractivity contribution in [3.05, 3.63) is 18.1 Å². The smallest absolute Gasteiger partial charge is 0.245 e. The predicted octanol–water partition coefficient (Wildman–Crippen LogP) is 1.52. The first-order chi connectivity index (χ1) is 13.1. The lowest BCUT2D eigenvalue weighted by atomic mass is 9.78. The Morgan fingerprint density at radius 3 is 2.22 bits per heavy atom. The van der Waals surface area contributed by atoms with Gasteiger partial charge in [0.05, 0.1) is 5.69 Å². The number of carbonyl (C=O) groups is 2. The maximum absolute atomic E-state index is 12.6. The number of nitrogens with zero attached hydrogens (tertiary/aromatic N) is 4. The average Bonchev–Trinajstić information content (AvgIpc) is 3.14. The van der Waals surface area contributed by atoms with Crippen LogP contribution in [0.3, 0.4) is 0 Å². The lowest BCUT2D eigenvalue weighted by Gasteiger charge is -2.41. The summed E-state index contributed by atoms with van der Waals surface area (Å²) in [7, 11) is 0. The fraction of sp³-hybridized carbons (Fsp3) is 0.700. The molecule has 2 amide bonds. The van der Waals surface area contributed by atoms with Crippen molar-refractivity contribution in [3.8, 4) is 0 Å². The van der Waals surface area contributed by atoms with Gasteiger partial charge < -0.3 is 15.1 Å². The van der Waals surface area contributed by atoms with E-state index >= 15 is 0 Å². The number of piperidine rings is 2. The maximum atomic E-state index is 12.6. The third-order valence-electron chi connectivity index (χ3n) is 6.51. The fourth-order valence-corrected chi connectivity index (χ4v) is 4.90. The molecule has 7 nitrogen and oxygen atoms in total. The van der Waals surface area contributed by atoms with E-state index < -0.39 is 0 Å². The number of anilines is 1. The Bertz CT molecular complexity index is 693. The minimum absolute atomic E-state index is 0.00772. The summed E-state index contributed by atoms with van der Waals surface area (Å²) in [6, 6.07) is -0.285. The van der Waals surface area contributed by atoms with Crippen LogP contribution in [0.5, 0.6) is 0 Å². The quantitative estimate of drug-likeness (QED) is 0.872. The van der Waals surface area contributed by atoms with Crippen LogP contribution >= 0.6 is 0 Å². The van der Waals surface area contributed by atoms with Crippen molar-refractivity contribution >= 4 is 17.6 Å². The minimum Gasteiger partial charge on any atom is -0.355 e. The molecular weight excluding hydrogens is 342 g/mol. The second-order valence-corrected chi connectivity index (χ2v) is 8.11. The van der Waals surface area contributed by atoms with Gasteiger partial charge in [-0.25, -0.2) is 4.98 Å². The van der Waals surface area contributed by atoms with Crippen LogP contribution in [0, 0.1) is 18.8 Å². The first-order valence-corrected chi connectivity index (χ1v) is 10.2. The summed E-state index contributed by atoms with van der Waals surface area (Å²) in [5.74, 6) is 2.59. The van der Waals surface area contributed by atoms with Gasteiger partial charge in [-0.05, 0) is 50.9 Å². The summed E-state index contributed by atoms with van der Waals surface area (Å²) in [5.41, 5.74) is 1.00. The molecular formula is C20H29N5O2. The Kier molecular flexibility index (Phi) is 5.27. The number of amides is 2. The first-order valence-electron chi connectivity index (χ1n) is 10.2. The topological polar surface area (TPSA) is 78.4 Å². The number of aromatic nitrogens is 2. The van der Waals surface area contributed by atoms with Gasteiger partial charge in [-0.1, -0.05) is 0 Å². The highest BCUT2D eigenvalue weighted by Crippen LogP contribution is 2.34. The molecule has 3 fully saturated rings. The second-order valence-electron chi connectivity index (χ2n) is 8.11. The zero-order valence-corrected chi connectivity index (χ0v) is 16.1. The van der Waals surface area contributed by atoms with Crippen LogP contribution in [0.15, 0.2) is 12.4 Å². The van der Waals surface area contributed by atoms with Crippen LogP contribution in [0.25, 0.3) is 0 Å². The highest BCUT2D eigenvalue weighted by atomic mass is 16.2. The number of nitrogens with one attached hydrogen (secondary N) is 1. The molecule has 3 aliphatic heterocycles. The van der Waals surface area contributed by atoms with Gasteiger partial charge in [-0.3, -0.25) is 14.6 Å². The summed E-state index contributed by atoms with van der Waals surface area (Å²) in [4.78, 5) is 37.1. The largest absolute Gasteiger partial charge is 0.355 e. The van der Waals surface area contributed by atoms with Gasteiger partial charge in [0.2, 0.25) is 11.8 Å². The van der Waals surface area contributed by atoms with Crippen LogP contribution in [0.4, 0.5) is 5.82 Å². The number of likely N-dealkylation sites (tertiary alicyclic amines) is 1. The summed E-state index contributed by atoms with van der Waals surface area (Å²) in [6.45, 7) is 5.77. The molecule has 4 heterocycles. The van der Waals surface area contributed by atoms with Crippen LogP contribution in [-0.4, -0.2) is 58.9 Å². The minimum atomic E-state index is -0.285. The first kappa shape index (κ1) is 18.2. The fourth-order valence-electron chi connectivity index (χ4n) is 4.90. The Balaban J connectivity index is 1.25. The molecule has 0 spiro atoms. The van der Waals surface area contributed by atoms with Gasteiger partial charge in [-0.15, -0.1) is 0 Å². The van der Waals surface area contributed by atoms with Gasteiger partial charge in [0, 0.05) is 45.0 Å². The molecule has 1 aromatic heterocycles. The molecule has 1 unspecified atom stereocenters. The van der Waals surface area contributed by atoms with E-state index in [1.807, 2.05) is 11.8 Å². The van der Waals surface area contributed by atoms with Crippen molar-refractivity contribution in [2.45, 2.75) is 51.5 Å². The molecule has 0 aliphatic carbocycles. The molecule has 3 aliphatic rings. The van der Waals surface area contributed by atoms with E-state index in [1.165, 1.54) is 12.8 Å². The molecule has 146 valence electrons. The number of aryl methyl sites for hydroxylation is 1. The molecule has 27 heavy (non-hydrogen) atoms. The van der Waals surface area contributed by atoms with Crippen LogP contribution in [0.2, 0.25) is 0 Å². The molecule has 1 N–H and O–H groups in total. The molecule has 0 bridgehead atoms. The SMILES string of the molecule is Cc1nccnc1N1CCC(C2CCN(C(=O)C3CCC(=O)N3)CC2)CC1. The Labute approximate surface area is 160 Å². The van der Waals surface area contributed by atoms with Crippen LogP contribution < -0.4 is 10.2 Å². The molecule has 0 radical (unpaired) electrons. The van der Waals surface area contributed by atoms with Gasteiger partial charge in [0.15, 0.2) is 0 Å². The molecule has 1 aromatic rings. The molecule has 1 atom stereocenters. The Morgan fingerprint density at radius 1 is 1.00 bits per heavy atom. The number of rotatable bonds is 3.